The molecule has 0 unspecified atom stereocenters. The fraction of sp³-hybridized carbons (Fsp3) is 0.588. The van der Waals surface area contributed by atoms with Crippen LogP contribution < -0.4 is 0 Å². The first-order valence-electron chi connectivity index (χ1n) is 8.02. The van der Waals surface area contributed by atoms with E-state index in [1.165, 1.54) is 11.1 Å². The lowest BCUT2D eigenvalue weighted by molar-refractivity contribution is -0.894. The van der Waals surface area contributed by atoms with Crippen LogP contribution in [0.5, 0.6) is 0 Å². The SMILES string of the molecule is C[C@H](C[N+](C)(C)CCO)[C@H]1OCCn2nc3ccccc3c21. The molecule has 3 rings (SSSR count). The summed E-state index contributed by atoms with van der Waals surface area (Å²) in [5.41, 5.74) is 2.25. The van der Waals surface area contributed by atoms with E-state index in [-0.39, 0.29) is 12.7 Å². The quantitative estimate of drug-likeness (QED) is 0.857. The van der Waals surface area contributed by atoms with Crippen molar-refractivity contribution >= 4 is 10.9 Å². The number of rotatable bonds is 5. The highest BCUT2D eigenvalue weighted by atomic mass is 16.5. The molecule has 0 fully saturated rings. The summed E-state index contributed by atoms with van der Waals surface area (Å²) in [4.78, 5) is 0. The van der Waals surface area contributed by atoms with Crippen molar-refractivity contribution < 1.29 is 14.3 Å². The minimum absolute atomic E-state index is 0.0669. The van der Waals surface area contributed by atoms with E-state index in [4.69, 9.17) is 9.84 Å². The van der Waals surface area contributed by atoms with Gasteiger partial charge in [-0.25, -0.2) is 0 Å². The van der Waals surface area contributed by atoms with Crippen LogP contribution in [-0.2, 0) is 11.3 Å². The molecule has 1 aromatic carbocycles. The number of benzene rings is 1. The van der Waals surface area contributed by atoms with E-state index >= 15 is 0 Å². The van der Waals surface area contributed by atoms with Crippen LogP contribution in [0, 0.1) is 5.92 Å². The number of quaternary nitrogens is 1. The Morgan fingerprint density at radius 3 is 2.95 bits per heavy atom. The predicted molar refractivity (Wildman–Crippen MR) is 86.5 cm³/mol. The summed E-state index contributed by atoms with van der Waals surface area (Å²) in [6.07, 6.45) is 0.0669. The maximum Gasteiger partial charge on any atom is 0.108 e. The van der Waals surface area contributed by atoms with Crippen molar-refractivity contribution in [2.24, 2.45) is 5.92 Å². The molecule has 1 aliphatic heterocycles. The van der Waals surface area contributed by atoms with E-state index in [9.17, 15) is 5.11 Å². The number of hydrogen-bond donors (Lipinski definition) is 1. The number of aliphatic hydroxyl groups excluding tert-OH is 1. The molecule has 0 spiro atoms. The van der Waals surface area contributed by atoms with Gasteiger partial charge in [0.15, 0.2) is 0 Å². The molecule has 1 N–H and O–H groups in total. The zero-order valence-electron chi connectivity index (χ0n) is 13.7. The van der Waals surface area contributed by atoms with Crippen molar-refractivity contribution in [2.45, 2.75) is 19.6 Å². The van der Waals surface area contributed by atoms with Gasteiger partial charge >= 0.3 is 0 Å². The van der Waals surface area contributed by atoms with Crippen molar-refractivity contribution in [3.05, 3.63) is 30.0 Å². The summed E-state index contributed by atoms with van der Waals surface area (Å²) < 4.78 is 9.03. The monoisotopic (exact) mass is 304 g/mol. The van der Waals surface area contributed by atoms with E-state index in [0.717, 1.165) is 29.6 Å². The van der Waals surface area contributed by atoms with E-state index in [1.807, 2.05) is 6.07 Å². The lowest BCUT2D eigenvalue weighted by atomic mass is 9.97. The van der Waals surface area contributed by atoms with Gasteiger partial charge < -0.3 is 14.3 Å². The van der Waals surface area contributed by atoms with Crippen LogP contribution in [0.15, 0.2) is 24.3 Å². The molecule has 2 atom stereocenters. The summed E-state index contributed by atoms with van der Waals surface area (Å²) in [6, 6.07) is 8.29. The average molecular weight is 304 g/mol. The molecule has 0 saturated heterocycles. The Labute approximate surface area is 131 Å². The second kappa shape index (κ2) is 5.99. The third-order valence-corrected chi connectivity index (χ3v) is 4.56. The number of fused-ring (bicyclic) bond motifs is 3. The molecule has 22 heavy (non-hydrogen) atoms. The Bertz CT molecular complexity index is 650. The maximum atomic E-state index is 9.23. The largest absolute Gasteiger partial charge is 0.391 e. The number of ether oxygens (including phenoxy) is 1. The fourth-order valence-electron chi connectivity index (χ4n) is 3.59. The molecule has 0 radical (unpaired) electrons. The molecule has 0 bridgehead atoms. The average Bonchev–Trinajstić information content (AvgIpc) is 2.84. The van der Waals surface area contributed by atoms with Gasteiger partial charge in [-0.15, -0.1) is 0 Å². The smallest absolute Gasteiger partial charge is 0.108 e. The van der Waals surface area contributed by atoms with Crippen molar-refractivity contribution in [1.29, 1.82) is 0 Å². The highest BCUT2D eigenvalue weighted by Crippen LogP contribution is 2.35. The van der Waals surface area contributed by atoms with Crippen molar-refractivity contribution in [3.63, 3.8) is 0 Å². The van der Waals surface area contributed by atoms with Crippen molar-refractivity contribution in [1.82, 2.24) is 9.78 Å². The molecular formula is C17H26N3O2+. The summed E-state index contributed by atoms with van der Waals surface area (Å²) >= 11 is 0. The van der Waals surface area contributed by atoms with Gasteiger partial charge in [-0.05, 0) is 6.07 Å². The summed E-state index contributed by atoms with van der Waals surface area (Å²) in [6.45, 7) is 5.71. The van der Waals surface area contributed by atoms with Gasteiger partial charge in [-0.1, -0.05) is 25.1 Å². The molecule has 2 aromatic rings. The zero-order chi connectivity index (χ0) is 15.7. The predicted octanol–water partition coefficient (Wildman–Crippen LogP) is 1.81. The van der Waals surface area contributed by atoms with E-state index in [1.54, 1.807) is 0 Å². The Morgan fingerprint density at radius 2 is 2.18 bits per heavy atom. The van der Waals surface area contributed by atoms with Gasteiger partial charge in [0.25, 0.3) is 0 Å². The molecule has 120 valence electrons. The van der Waals surface area contributed by atoms with Gasteiger partial charge in [0.1, 0.15) is 12.6 Å². The topological polar surface area (TPSA) is 47.3 Å². The van der Waals surface area contributed by atoms with E-state index in [2.05, 4.69) is 43.9 Å². The van der Waals surface area contributed by atoms with Crippen LogP contribution in [0.1, 0.15) is 18.7 Å². The Balaban J connectivity index is 1.91. The summed E-state index contributed by atoms with van der Waals surface area (Å²) in [5.74, 6) is 0.362. The van der Waals surface area contributed by atoms with Gasteiger partial charge in [-0.2, -0.15) is 5.10 Å². The second-order valence-electron chi connectivity index (χ2n) is 6.96. The minimum Gasteiger partial charge on any atom is -0.391 e. The first kappa shape index (κ1) is 15.5. The molecule has 5 nitrogen and oxygen atoms in total. The molecule has 1 aliphatic rings. The van der Waals surface area contributed by atoms with Crippen LogP contribution in [0.4, 0.5) is 0 Å². The Kier molecular flexibility index (Phi) is 4.21. The number of aromatic nitrogens is 2. The minimum atomic E-state index is 0.0669. The Morgan fingerprint density at radius 1 is 1.41 bits per heavy atom. The van der Waals surface area contributed by atoms with Crippen LogP contribution in [-0.4, -0.2) is 59.8 Å². The summed E-state index contributed by atoms with van der Waals surface area (Å²) in [7, 11) is 4.32. The molecule has 2 heterocycles. The standard InChI is InChI=1S/C17H26N3O2/c1-13(12-20(2,3)9-10-21)17-16-14-6-4-5-7-15(14)18-19(16)8-11-22-17/h4-7,13,17,21H,8-12H2,1-3H3/q+1/t13-,17-/m1/s1. The molecular weight excluding hydrogens is 278 g/mol. The molecule has 0 saturated carbocycles. The van der Waals surface area contributed by atoms with Gasteiger partial charge in [-0.3, -0.25) is 4.68 Å². The van der Waals surface area contributed by atoms with Crippen LogP contribution in [0.25, 0.3) is 10.9 Å². The molecule has 0 amide bonds. The van der Waals surface area contributed by atoms with Crippen LogP contribution >= 0.6 is 0 Å². The number of nitrogens with zero attached hydrogens (tertiary/aromatic N) is 3. The second-order valence-corrected chi connectivity index (χ2v) is 6.96. The first-order chi connectivity index (χ1) is 10.5. The van der Waals surface area contributed by atoms with Gasteiger partial charge in [0.2, 0.25) is 0 Å². The number of hydrogen-bond acceptors (Lipinski definition) is 3. The Hall–Kier alpha value is -1.43. The molecule has 1 aromatic heterocycles. The van der Waals surface area contributed by atoms with Crippen LogP contribution in [0.3, 0.4) is 0 Å². The highest BCUT2D eigenvalue weighted by molar-refractivity contribution is 5.82. The van der Waals surface area contributed by atoms with E-state index < -0.39 is 0 Å². The van der Waals surface area contributed by atoms with Gasteiger partial charge in [0.05, 0.1) is 51.6 Å². The normalized spacial score (nSPS) is 20.1. The summed E-state index contributed by atoms with van der Waals surface area (Å²) in [5, 5.41) is 15.1. The van der Waals surface area contributed by atoms with Crippen molar-refractivity contribution in [2.75, 3.05) is 40.4 Å². The maximum absolute atomic E-state index is 9.23. The lowest BCUT2D eigenvalue weighted by Gasteiger charge is -2.36. The lowest BCUT2D eigenvalue weighted by Crippen LogP contribution is -2.46. The zero-order valence-corrected chi connectivity index (χ0v) is 13.7. The van der Waals surface area contributed by atoms with Gasteiger partial charge in [0, 0.05) is 11.3 Å². The highest BCUT2D eigenvalue weighted by Gasteiger charge is 2.33. The third kappa shape index (κ3) is 2.89. The van der Waals surface area contributed by atoms with Crippen LogP contribution in [0.2, 0.25) is 0 Å². The third-order valence-electron chi connectivity index (χ3n) is 4.56. The molecule has 5 heteroatoms. The first-order valence-corrected chi connectivity index (χ1v) is 8.02. The number of likely N-dealkylation sites (N-methyl/N-ethyl adjacent to an activating group) is 1. The fourth-order valence-corrected chi connectivity index (χ4v) is 3.59. The number of aliphatic hydroxyl groups is 1. The molecule has 0 aliphatic carbocycles. The van der Waals surface area contributed by atoms with E-state index in [0.29, 0.717) is 12.5 Å². The van der Waals surface area contributed by atoms with Crippen molar-refractivity contribution in [3.8, 4) is 0 Å².